The van der Waals surface area contributed by atoms with Crippen LogP contribution in [0.1, 0.15) is 66.8 Å². The van der Waals surface area contributed by atoms with E-state index in [1.807, 2.05) is 0 Å². The number of rotatable bonds is 4. The summed E-state index contributed by atoms with van der Waals surface area (Å²) in [4.78, 5) is 18.7. The maximum absolute atomic E-state index is 11.6. The molecule has 0 aliphatic rings. The molecule has 22 heavy (non-hydrogen) atoms. The van der Waals surface area contributed by atoms with Gasteiger partial charge >= 0.3 is 24.7 Å². The van der Waals surface area contributed by atoms with Gasteiger partial charge in [-0.25, -0.2) is 0 Å². The van der Waals surface area contributed by atoms with E-state index in [1.54, 1.807) is 0 Å². The molecule has 0 heterocycles. The first-order valence-electron chi connectivity index (χ1n) is 3.85. The minimum absolute atomic E-state index is 0. The Morgan fingerprint density at radius 2 is 0.773 bits per heavy atom. The molecule has 2 N–H and O–H groups in total. The molecule has 0 saturated heterocycles. The first-order chi connectivity index (χ1) is 5.41. The van der Waals surface area contributed by atoms with Crippen LogP contribution in [-0.2, 0) is 13.0 Å². The molecule has 0 saturated carbocycles. The zero-order valence-electron chi connectivity index (χ0n) is 8.57. The average Bonchev–Trinajstić information content (AvgIpc) is 1.43. The summed E-state index contributed by atoms with van der Waals surface area (Å²) >= 11 is 0. The first-order valence-corrected chi connectivity index (χ1v) is 11.6. The summed E-state index contributed by atoms with van der Waals surface area (Å²) in [6.07, 6.45) is 0. The summed E-state index contributed by atoms with van der Waals surface area (Å²) in [6.45, 7) is 7.19. The van der Waals surface area contributed by atoms with E-state index >= 15 is 0 Å². The van der Waals surface area contributed by atoms with E-state index in [2.05, 4.69) is 0 Å². The largest absolute Gasteiger partial charge is 0.411 e. The lowest BCUT2D eigenvalue weighted by Crippen LogP contribution is -2.33. The maximum atomic E-state index is 11.6. The van der Waals surface area contributed by atoms with Crippen molar-refractivity contribution in [1.82, 2.24) is 0 Å². The molecule has 152 valence electrons. The molecule has 0 radical (unpaired) electrons. The second-order valence-electron chi connectivity index (χ2n) is 3.85. The molecule has 8 heteroatoms. The predicted octanol–water partition coefficient (Wildman–Crippen LogP) is 6.96. The van der Waals surface area contributed by atoms with Crippen molar-refractivity contribution < 1.29 is 22.6 Å². The van der Waals surface area contributed by atoms with Gasteiger partial charge in [0, 0.05) is 6.66 Å². The zero-order chi connectivity index (χ0) is 10.9. The molecule has 0 aromatic carbocycles. The Labute approximate surface area is 147 Å². The molecule has 0 atom stereocenters. The zero-order valence-corrected chi connectivity index (χ0v) is 11.5. The maximum Gasteiger partial charge on any atom is 0.337 e. The molecule has 0 unspecified atom stereocenters. The monoisotopic (exact) mass is 388 g/mol. The summed E-state index contributed by atoms with van der Waals surface area (Å²) in [6, 6.07) is 0. The number of hydrogen-bond acceptors (Lipinski definition) is 5. The van der Waals surface area contributed by atoms with E-state index in [1.165, 1.54) is 32.9 Å². The lowest BCUT2D eigenvalue weighted by Gasteiger charge is -2.25. The molecule has 0 aliphatic carbocycles. The van der Waals surface area contributed by atoms with Gasteiger partial charge in [-0.1, -0.05) is 66.8 Å². The Bertz CT molecular complexity index is 206. The van der Waals surface area contributed by atoms with Crippen molar-refractivity contribution in [2.45, 2.75) is 93.0 Å². The predicted molar refractivity (Wildman–Crippen MR) is 116 cm³/mol. The molecule has 0 rings (SSSR count). The van der Waals surface area contributed by atoms with Crippen molar-refractivity contribution in [2.75, 3.05) is 6.66 Å². The van der Waals surface area contributed by atoms with E-state index in [0.717, 1.165) is 0 Å². The van der Waals surface area contributed by atoms with E-state index in [0.29, 0.717) is 0 Å². The fraction of sp³-hybridized carbons (Fsp3) is 1.00. The van der Waals surface area contributed by atoms with Crippen LogP contribution in [0, 0.1) is 0 Å². The normalized spacial score (nSPS) is 8.68. The van der Waals surface area contributed by atoms with Gasteiger partial charge in [0.25, 0.3) is 0 Å². The van der Waals surface area contributed by atoms with E-state index in [9.17, 15) is 14.2 Å². The Morgan fingerprint density at radius 1 is 0.636 bits per heavy atom. The van der Waals surface area contributed by atoms with Crippen LogP contribution in [0.4, 0.5) is 0 Å². The second-order valence-corrected chi connectivity index (χ2v) is 12.6. The third kappa shape index (κ3) is 49.9. The summed E-state index contributed by atoms with van der Waals surface area (Å²) in [5, 5.41) is 0. The SMILES string of the molecule is C.C.C.C.C.C.C.C.C.C[Si](C)(O)OP(C)(=O)O[Si](C)(C)O. The molecule has 0 bridgehead atoms. The third-order valence-electron chi connectivity index (χ3n) is 0.778. The molecule has 0 aliphatic heterocycles. The van der Waals surface area contributed by atoms with Crippen molar-refractivity contribution in [1.29, 1.82) is 0 Å². The van der Waals surface area contributed by atoms with E-state index in [4.69, 9.17) is 8.43 Å². The van der Waals surface area contributed by atoms with Gasteiger partial charge in [0.15, 0.2) is 0 Å². The quantitative estimate of drug-likeness (QED) is 0.402. The van der Waals surface area contributed by atoms with Crippen LogP contribution in [0.15, 0.2) is 0 Å². The Morgan fingerprint density at radius 3 is 0.864 bits per heavy atom. The van der Waals surface area contributed by atoms with Gasteiger partial charge in [0.2, 0.25) is 0 Å². The van der Waals surface area contributed by atoms with Gasteiger partial charge in [0.05, 0.1) is 0 Å². The highest BCUT2D eigenvalue weighted by Crippen LogP contribution is 2.48. The van der Waals surface area contributed by atoms with Crippen molar-refractivity contribution in [3.05, 3.63) is 0 Å². The molecule has 0 aromatic rings. The molecular formula is C14H53O5PSi2. The van der Waals surface area contributed by atoms with E-state index < -0.39 is 24.7 Å². The Kier molecular flexibility index (Phi) is 65.1. The summed E-state index contributed by atoms with van der Waals surface area (Å²) in [7, 11) is -9.05. The summed E-state index contributed by atoms with van der Waals surface area (Å²) < 4.78 is 21.4. The van der Waals surface area contributed by atoms with Crippen LogP contribution >= 0.6 is 7.60 Å². The van der Waals surface area contributed by atoms with Gasteiger partial charge in [0.1, 0.15) is 0 Å². The minimum Gasteiger partial charge on any atom is -0.411 e. The van der Waals surface area contributed by atoms with Gasteiger partial charge in [-0.05, 0) is 26.2 Å². The first kappa shape index (κ1) is 66.6. The molecule has 0 spiro atoms. The fourth-order valence-electron chi connectivity index (χ4n) is 0.830. The van der Waals surface area contributed by atoms with Crippen LogP contribution < -0.4 is 0 Å². The number of hydrogen-bond donors (Lipinski definition) is 2. The highest BCUT2D eigenvalue weighted by atomic mass is 31.2. The Balaban J connectivity index is -0.0000000200. The van der Waals surface area contributed by atoms with Crippen LogP contribution in [0.25, 0.3) is 0 Å². The van der Waals surface area contributed by atoms with E-state index in [-0.39, 0.29) is 66.8 Å². The standard InChI is InChI=1S/C5H17O5PSi2.9CH4/c1-11(6,9-12(2,3)7)10-13(4,5)8;;;;;;;;;/h7-8H,1-5H3;9*1H4. The molecule has 5 nitrogen and oxygen atoms in total. The lowest BCUT2D eigenvalue weighted by molar-refractivity contribution is 0.308. The van der Waals surface area contributed by atoms with Crippen LogP contribution in [0.5, 0.6) is 0 Å². The van der Waals surface area contributed by atoms with Crippen molar-refractivity contribution >= 4 is 24.7 Å². The second kappa shape index (κ2) is 21.5. The van der Waals surface area contributed by atoms with Gasteiger partial charge < -0.3 is 18.0 Å². The topological polar surface area (TPSA) is 76.0 Å². The van der Waals surface area contributed by atoms with Gasteiger partial charge in [-0.2, -0.15) is 0 Å². The van der Waals surface area contributed by atoms with Crippen molar-refractivity contribution in [3.8, 4) is 0 Å². The Hall–Kier alpha value is 0.504. The van der Waals surface area contributed by atoms with Gasteiger partial charge in [-0.15, -0.1) is 0 Å². The molecule has 0 amide bonds. The molecular weight excluding hydrogens is 335 g/mol. The highest BCUT2D eigenvalue weighted by molar-refractivity contribution is 7.56. The lowest BCUT2D eigenvalue weighted by atomic mass is 11.9. The highest BCUT2D eigenvalue weighted by Gasteiger charge is 2.35. The molecule has 0 aromatic heterocycles. The fourth-order valence-corrected chi connectivity index (χ4v) is 7.81. The van der Waals surface area contributed by atoms with Gasteiger partial charge in [-0.3, -0.25) is 4.57 Å². The van der Waals surface area contributed by atoms with Crippen LogP contribution in [0.2, 0.25) is 26.2 Å². The summed E-state index contributed by atoms with van der Waals surface area (Å²) in [5.41, 5.74) is 0. The van der Waals surface area contributed by atoms with Crippen molar-refractivity contribution in [3.63, 3.8) is 0 Å². The van der Waals surface area contributed by atoms with Crippen LogP contribution in [0.3, 0.4) is 0 Å². The minimum atomic E-state index is -3.31. The van der Waals surface area contributed by atoms with Crippen LogP contribution in [-0.4, -0.2) is 33.4 Å². The average molecular weight is 389 g/mol. The molecule has 0 fully saturated rings. The van der Waals surface area contributed by atoms with Crippen molar-refractivity contribution in [2.24, 2.45) is 0 Å². The smallest absolute Gasteiger partial charge is 0.337 e. The third-order valence-corrected chi connectivity index (χ3v) is 7.01. The summed E-state index contributed by atoms with van der Waals surface area (Å²) in [5.74, 6) is 0.